The topological polar surface area (TPSA) is 62.8 Å². The minimum absolute atomic E-state index is 0.0367. The van der Waals surface area contributed by atoms with Gasteiger partial charge in [-0.2, -0.15) is 0 Å². The lowest BCUT2D eigenvalue weighted by molar-refractivity contribution is -0.482. The molecule has 2 rings (SSSR count). The maximum atomic E-state index is 11.6. The van der Waals surface area contributed by atoms with Crippen molar-refractivity contribution in [2.45, 2.75) is 13.8 Å². The first-order chi connectivity index (χ1) is 10.0. The molecule has 0 aromatic heterocycles. The van der Waals surface area contributed by atoms with Gasteiger partial charge >= 0.3 is 5.91 Å². The van der Waals surface area contributed by atoms with E-state index in [-0.39, 0.29) is 18.4 Å². The van der Waals surface area contributed by atoms with Crippen LogP contribution in [-0.4, -0.2) is 18.4 Å². The fourth-order valence-corrected chi connectivity index (χ4v) is 2.04. The molecule has 0 aliphatic heterocycles. The summed E-state index contributed by atoms with van der Waals surface area (Å²) in [7, 11) is 0. The van der Waals surface area contributed by atoms with E-state index in [2.05, 4.69) is 30.4 Å². The molecule has 0 radical (unpaired) electrons. The average Bonchev–Trinajstić information content (AvgIpc) is 2.46. The van der Waals surface area contributed by atoms with Crippen molar-refractivity contribution < 1.29 is 14.9 Å². The van der Waals surface area contributed by atoms with E-state index in [1.165, 1.54) is 17.8 Å². The van der Waals surface area contributed by atoms with E-state index >= 15 is 0 Å². The van der Waals surface area contributed by atoms with Crippen LogP contribution in [0.4, 0.5) is 5.69 Å². The highest BCUT2D eigenvalue weighted by Gasteiger charge is 2.08. The molecule has 0 atom stereocenters. The first-order valence-corrected chi connectivity index (χ1v) is 6.84. The van der Waals surface area contributed by atoms with Gasteiger partial charge in [-0.05, 0) is 30.2 Å². The van der Waals surface area contributed by atoms with Crippen molar-refractivity contribution in [2.75, 3.05) is 6.54 Å². The smallest absolute Gasteiger partial charge is 0.334 e. The molecule has 21 heavy (non-hydrogen) atoms. The fourth-order valence-electron chi connectivity index (χ4n) is 2.04. The van der Waals surface area contributed by atoms with Gasteiger partial charge in [0.05, 0.1) is 0 Å². The van der Waals surface area contributed by atoms with Gasteiger partial charge in [-0.3, -0.25) is 4.79 Å². The van der Waals surface area contributed by atoms with E-state index in [0.717, 1.165) is 16.8 Å². The van der Waals surface area contributed by atoms with Crippen molar-refractivity contribution in [1.82, 2.24) is 5.32 Å². The summed E-state index contributed by atoms with van der Waals surface area (Å²) >= 11 is 0. The van der Waals surface area contributed by atoms with Gasteiger partial charge in [-0.15, -0.1) is 0 Å². The van der Waals surface area contributed by atoms with Crippen molar-refractivity contribution in [1.29, 1.82) is 0 Å². The van der Waals surface area contributed by atoms with Gasteiger partial charge in [0.2, 0.25) is 5.91 Å². The van der Waals surface area contributed by atoms with Gasteiger partial charge in [0.15, 0.2) is 0 Å². The Morgan fingerprint density at radius 2 is 1.76 bits per heavy atom. The van der Waals surface area contributed by atoms with Gasteiger partial charge in [0.25, 0.3) is 0 Å². The predicted octanol–water partition coefficient (Wildman–Crippen LogP) is 1.52. The van der Waals surface area contributed by atoms with E-state index in [4.69, 9.17) is 0 Å². The molecule has 4 heteroatoms. The summed E-state index contributed by atoms with van der Waals surface area (Å²) in [6.45, 7) is 3.49. The SMILES string of the molecule is CC(=O)NCC(=O)[NH2+]c1ccc(-c2cccc(C)c2)cc1. The van der Waals surface area contributed by atoms with E-state index in [1.54, 1.807) is 0 Å². The number of carbonyl (C=O) groups is 2. The number of amides is 2. The van der Waals surface area contributed by atoms with Gasteiger partial charge in [-0.25, -0.2) is 10.1 Å². The summed E-state index contributed by atoms with van der Waals surface area (Å²) in [6.07, 6.45) is 0. The molecule has 0 saturated carbocycles. The Bertz CT molecular complexity index is 648. The van der Waals surface area contributed by atoms with Gasteiger partial charge in [-0.1, -0.05) is 29.8 Å². The molecule has 0 heterocycles. The van der Waals surface area contributed by atoms with Crippen LogP contribution in [0.5, 0.6) is 0 Å². The van der Waals surface area contributed by atoms with Crippen LogP contribution < -0.4 is 10.6 Å². The summed E-state index contributed by atoms with van der Waals surface area (Å²) in [5.74, 6) is -0.319. The molecule has 4 nitrogen and oxygen atoms in total. The van der Waals surface area contributed by atoms with Crippen LogP contribution in [0.1, 0.15) is 12.5 Å². The quantitative estimate of drug-likeness (QED) is 0.836. The summed E-state index contributed by atoms with van der Waals surface area (Å²) in [6, 6.07) is 16.1. The monoisotopic (exact) mass is 283 g/mol. The molecule has 0 aliphatic carbocycles. The van der Waals surface area contributed by atoms with Crippen LogP contribution in [0, 0.1) is 6.92 Å². The van der Waals surface area contributed by atoms with Gasteiger partial charge in [0.1, 0.15) is 12.2 Å². The number of rotatable bonds is 4. The summed E-state index contributed by atoms with van der Waals surface area (Å²) in [4.78, 5) is 22.4. The van der Waals surface area contributed by atoms with E-state index in [0.29, 0.717) is 0 Å². The maximum Gasteiger partial charge on any atom is 0.334 e. The van der Waals surface area contributed by atoms with Gasteiger partial charge in [0, 0.05) is 19.1 Å². The molecule has 0 fully saturated rings. The number of nitrogens with one attached hydrogen (secondary N) is 1. The highest BCUT2D eigenvalue weighted by atomic mass is 16.2. The molecule has 0 unspecified atom stereocenters. The standard InChI is InChI=1S/C17H18N2O2/c1-12-4-3-5-15(10-12)14-6-8-16(9-7-14)19-17(21)11-18-13(2)20/h3-10H,11H2,1-2H3,(H,18,20)(H,19,21)/p+1. The fraction of sp³-hybridized carbons (Fsp3) is 0.176. The zero-order valence-corrected chi connectivity index (χ0v) is 12.2. The highest BCUT2D eigenvalue weighted by molar-refractivity contribution is 5.79. The molecule has 108 valence electrons. The van der Waals surface area contributed by atoms with Crippen LogP contribution >= 0.6 is 0 Å². The molecule has 2 aromatic rings. The lowest BCUT2D eigenvalue weighted by Gasteiger charge is -2.04. The molecular formula is C17H19N2O2+. The summed E-state index contributed by atoms with van der Waals surface area (Å²) in [5.41, 5.74) is 4.33. The Morgan fingerprint density at radius 1 is 1.05 bits per heavy atom. The largest absolute Gasteiger partial charge is 0.344 e. The highest BCUT2D eigenvalue weighted by Crippen LogP contribution is 2.20. The van der Waals surface area contributed by atoms with Crippen molar-refractivity contribution >= 4 is 17.5 Å². The van der Waals surface area contributed by atoms with Gasteiger partial charge < -0.3 is 5.32 Å². The number of primary amides is 1. The van der Waals surface area contributed by atoms with Crippen molar-refractivity contribution in [2.24, 2.45) is 0 Å². The van der Waals surface area contributed by atoms with Crippen molar-refractivity contribution in [3.05, 3.63) is 54.1 Å². The number of carbonyl (C=O) groups excluding carboxylic acids is 2. The summed E-state index contributed by atoms with van der Waals surface area (Å²) in [5, 5.41) is 4.03. The van der Waals surface area contributed by atoms with Crippen LogP contribution in [0.25, 0.3) is 11.1 Å². The molecule has 0 spiro atoms. The molecule has 0 saturated heterocycles. The summed E-state index contributed by atoms with van der Waals surface area (Å²) < 4.78 is 0. The van der Waals surface area contributed by atoms with Crippen LogP contribution in [0.15, 0.2) is 48.5 Å². The zero-order valence-electron chi connectivity index (χ0n) is 12.2. The normalized spacial score (nSPS) is 10.2. The predicted molar refractivity (Wildman–Crippen MR) is 81.9 cm³/mol. The molecule has 3 N–H and O–H groups in total. The second kappa shape index (κ2) is 6.81. The maximum absolute atomic E-state index is 11.6. The Morgan fingerprint density at radius 3 is 2.38 bits per heavy atom. The molecule has 2 amide bonds. The molecule has 2 aromatic carbocycles. The van der Waals surface area contributed by atoms with Crippen molar-refractivity contribution in [3.63, 3.8) is 0 Å². The first kappa shape index (κ1) is 14.9. The number of hydrogen-bond donors (Lipinski definition) is 2. The van der Waals surface area contributed by atoms with E-state index in [1.807, 2.05) is 30.3 Å². The van der Waals surface area contributed by atoms with Crippen LogP contribution in [-0.2, 0) is 9.59 Å². The Kier molecular flexibility index (Phi) is 4.85. The zero-order chi connectivity index (χ0) is 15.2. The number of benzene rings is 2. The third kappa shape index (κ3) is 4.54. The Hall–Kier alpha value is -2.46. The van der Waals surface area contributed by atoms with E-state index in [9.17, 15) is 9.59 Å². The van der Waals surface area contributed by atoms with Crippen LogP contribution in [0.2, 0.25) is 0 Å². The average molecular weight is 283 g/mol. The van der Waals surface area contributed by atoms with E-state index < -0.39 is 0 Å². The first-order valence-electron chi connectivity index (χ1n) is 6.84. The molecule has 0 aliphatic rings. The lowest BCUT2D eigenvalue weighted by atomic mass is 10.0. The lowest BCUT2D eigenvalue weighted by Crippen LogP contribution is -2.84. The third-order valence-electron chi connectivity index (χ3n) is 3.10. The molecule has 0 bridgehead atoms. The van der Waals surface area contributed by atoms with Crippen molar-refractivity contribution in [3.8, 4) is 11.1 Å². The third-order valence-corrected chi connectivity index (χ3v) is 3.10. The Balaban J connectivity index is 2.02. The second-order valence-electron chi connectivity index (χ2n) is 5.01. The minimum Gasteiger partial charge on any atom is -0.344 e. The van der Waals surface area contributed by atoms with Crippen LogP contribution in [0.3, 0.4) is 0 Å². The molecular weight excluding hydrogens is 264 g/mol. The number of aryl methyl sites for hydroxylation is 1. The Labute approximate surface area is 124 Å². The number of hydrogen-bond acceptors (Lipinski definition) is 2. The minimum atomic E-state index is -0.202. The second-order valence-corrected chi connectivity index (χ2v) is 5.01. The number of quaternary nitrogens is 1. The number of nitrogens with two attached hydrogens (primary N) is 1.